The van der Waals surface area contributed by atoms with Crippen molar-refractivity contribution in [2.24, 2.45) is 0 Å². The lowest BCUT2D eigenvalue weighted by molar-refractivity contribution is -0.0981. The molecule has 0 heterocycles. The Bertz CT molecular complexity index is 1130. The lowest BCUT2D eigenvalue weighted by atomic mass is 10.1. The average molecular weight is 374 g/mol. The van der Waals surface area contributed by atoms with E-state index < -0.39 is 11.9 Å². The number of hydrogen-bond acceptors (Lipinski definition) is 4. The smallest absolute Gasteiger partial charge is 0.339 e. The van der Waals surface area contributed by atoms with Gasteiger partial charge in [0.15, 0.2) is 0 Å². The number of carbonyl (C=O) groups is 2. The third-order valence-corrected chi connectivity index (χ3v) is 4.43. The summed E-state index contributed by atoms with van der Waals surface area (Å²) in [5.74, 6) is -2.34. The Morgan fingerprint density at radius 2 is 0.964 bits per heavy atom. The van der Waals surface area contributed by atoms with Crippen molar-refractivity contribution in [1.82, 2.24) is 0 Å². The van der Waals surface area contributed by atoms with Crippen LogP contribution in [0.1, 0.15) is 20.7 Å². The van der Waals surface area contributed by atoms with Crippen LogP contribution in [0.5, 0.6) is 11.5 Å². The summed E-state index contributed by atoms with van der Waals surface area (Å²) in [6.07, 6.45) is 0. The van der Waals surface area contributed by atoms with Crippen molar-refractivity contribution in [2.75, 3.05) is 0 Å². The monoisotopic (exact) mass is 374 g/mol. The van der Waals surface area contributed by atoms with Crippen LogP contribution in [0.3, 0.4) is 0 Å². The predicted molar refractivity (Wildman–Crippen MR) is 103 cm³/mol. The zero-order valence-electron chi connectivity index (χ0n) is 14.5. The first-order chi connectivity index (χ1) is 13.6. The maximum Gasteiger partial charge on any atom is 0.339 e. The third kappa shape index (κ3) is 2.97. The maximum atomic E-state index is 11.6. The van der Waals surface area contributed by atoms with E-state index in [9.17, 15) is 19.8 Å². The van der Waals surface area contributed by atoms with Crippen LogP contribution in [0.4, 0.5) is 0 Å². The lowest BCUT2D eigenvalue weighted by Gasteiger charge is -2.14. The summed E-state index contributed by atoms with van der Waals surface area (Å²) in [5, 5.41) is 21.6. The molecule has 0 atom stereocenters. The van der Waals surface area contributed by atoms with Crippen molar-refractivity contribution < 1.29 is 29.6 Å². The van der Waals surface area contributed by atoms with Gasteiger partial charge in [-0.15, -0.1) is 0 Å². The second-order valence-electron chi connectivity index (χ2n) is 6.10. The molecule has 0 bridgehead atoms. The summed E-state index contributed by atoms with van der Waals surface area (Å²) in [5.41, 5.74) is -0.174. The zero-order chi connectivity index (χ0) is 19.7. The van der Waals surface area contributed by atoms with Crippen molar-refractivity contribution in [2.45, 2.75) is 0 Å². The highest BCUT2D eigenvalue weighted by Gasteiger charge is 2.20. The van der Waals surface area contributed by atoms with Gasteiger partial charge in [0, 0.05) is 10.8 Å². The summed E-state index contributed by atoms with van der Waals surface area (Å²) >= 11 is 0. The fourth-order valence-corrected chi connectivity index (χ4v) is 3.09. The van der Waals surface area contributed by atoms with Crippen molar-refractivity contribution in [1.29, 1.82) is 0 Å². The van der Waals surface area contributed by atoms with Gasteiger partial charge in [0.05, 0.1) is 0 Å². The van der Waals surface area contributed by atoms with E-state index in [1.807, 2.05) is 24.3 Å². The SMILES string of the molecule is O=C(O)c1ccc2ccccc2c1OOc1c(C(=O)O)ccc2ccccc12. The average Bonchev–Trinajstić information content (AvgIpc) is 2.71. The highest BCUT2D eigenvalue weighted by molar-refractivity contribution is 6.01. The molecule has 0 aromatic heterocycles. The van der Waals surface area contributed by atoms with Crippen molar-refractivity contribution in [3.05, 3.63) is 83.9 Å². The molecule has 0 fully saturated rings. The molecule has 2 N–H and O–H groups in total. The van der Waals surface area contributed by atoms with Crippen LogP contribution in [-0.2, 0) is 0 Å². The maximum absolute atomic E-state index is 11.6. The number of carboxylic acids is 2. The molecule has 138 valence electrons. The van der Waals surface area contributed by atoms with Gasteiger partial charge in [-0.3, -0.25) is 9.78 Å². The molecule has 4 aromatic carbocycles. The topological polar surface area (TPSA) is 93.1 Å². The van der Waals surface area contributed by atoms with E-state index >= 15 is 0 Å². The fourth-order valence-electron chi connectivity index (χ4n) is 3.09. The quantitative estimate of drug-likeness (QED) is 0.386. The van der Waals surface area contributed by atoms with Crippen molar-refractivity contribution in [3.8, 4) is 11.5 Å². The van der Waals surface area contributed by atoms with E-state index in [1.54, 1.807) is 36.4 Å². The van der Waals surface area contributed by atoms with Gasteiger partial charge in [-0.1, -0.05) is 60.7 Å². The number of rotatable bonds is 5. The summed E-state index contributed by atoms with van der Waals surface area (Å²) < 4.78 is 0. The van der Waals surface area contributed by atoms with Gasteiger partial charge in [0.25, 0.3) is 0 Å². The second-order valence-corrected chi connectivity index (χ2v) is 6.10. The van der Waals surface area contributed by atoms with Gasteiger partial charge >= 0.3 is 11.9 Å². The first kappa shape index (κ1) is 17.4. The van der Waals surface area contributed by atoms with Gasteiger partial charge in [-0.05, 0) is 22.9 Å². The summed E-state index contributed by atoms with van der Waals surface area (Å²) in [7, 11) is 0. The molecule has 0 amide bonds. The minimum atomic E-state index is -1.18. The Hall–Kier alpha value is -4.06. The van der Waals surface area contributed by atoms with Gasteiger partial charge in [0.2, 0.25) is 11.5 Å². The Kier molecular flexibility index (Phi) is 4.29. The summed E-state index contributed by atoms with van der Waals surface area (Å²) in [4.78, 5) is 34.2. The number of aromatic carboxylic acids is 2. The number of benzene rings is 4. The Balaban J connectivity index is 1.84. The van der Waals surface area contributed by atoms with Crippen molar-refractivity contribution >= 4 is 33.5 Å². The molecule has 28 heavy (non-hydrogen) atoms. The minimum absolute atomic E-state index is 0.00914. The number of hydrogen-bond donors (Lipinski definition) is 2. The molecule has 0 spiro atoms. The molecule has 0 saturated carbocycles. The first-order valence-electron chi connectivity index (χ1n) is 8.41. The largest absolute Gasteiger partial charge is 0.478 e. The van der Waals surface area contributed by atoms with E-state index in [-0.39, 0.29) is 22.6 Å². The van der Waals surface area contributed by atoms with Crippen LogP contribution in [0, 0.1) is 0 Å². The lowest BCUT2D eigenvalue weighted by Crippen LogP contribution is -2.10. The molecular weight excluding hydrogens is 360 g/mol. The van der Waals surface area contributed by atoms with Crippen molar-refractivity contribution in [3.63, 3.8) is 0 Å². The molecule has 0 unspecified atom stereocenters. The molecule has 0 aliphatic carbocycles. The van der Waals surface area contributed by atoms with Crippen LogP contribution in [0.15, 0.2) is 72.8 Å². The summed E-state index contributed by atoms with van der Waals surface area (Å²) in [6, 6.07) is 20.4. The first-order valence-corrected chi connectivity index (χ1v) is 8.41. The highest BCUT2D eigenvalue weighted by atomic mass is 17.2. The molecule has 0 aliphatic heterocycles. The van der Waals surface area contributed by atoms with Gasteiger partial charge in [0.1, 0.15) is 11.1 Å². The number of carboxylic acid groups (broad SMARTS) is 2. The van der Waals surface area contributed by atoms with E-state index in [1.165, 1.54) is 12.1 Å². The van der Waals surface area contributed by atoms with E-state index in [0.29, 0.717) is 10.8 Å². The van der Waals surface area contributed by atoms with E-state index in [4.69, 9.17) is 9.78 Å². The minimum Gasteiger partial charge on any atom is -0.478 e. The van der Waals surface area contributed by atoms with Crippen LogP contribution < -0.4 is 9.78 Å². The standard InChI is InChI=1S/C22H14O6/c23-21(24)17-11-9-13-5-1-3-7-15(13)19(17)27-28-20-16-8-4-2-6-14(16)10-12-18(20)22(25)26/h1-12H,(H,23,24)(H,25,26). The molecule has 0 saturated heterocycles. The van der Waals surface area contributed by atoms with Crippen LogP contribution >= 0.6 is 0 Å². The zero-order valence-corrected chi connectivity index (χ0v) is 14.5. The van der Waals surface area contributed by atoms with Gasteiger partial charge in [-0.2, -0.15) is 0 Å². The molecule has 4 rings (SSSR count). The molecular formula is C22H14O6. The Morgan fingerprint density at radius 3 is 1.36 bits per heavy atom. The van der Waals surface area contributed by atoms with Crippen LogP contribution in [0.2, 0.25) is 0 Å². The second kappa shape index (κ2) is 6.92. The van der Waals surface area contributed by atoms with E-state index in [2.05, 4.69) is 0 Å². The van der Waals surface area contributed by atoms with Crippen LogP contribution in [0.25, 0.3) is 21.5 Å². The molecule has 4 aromatic rings. The highest BCUT2D eigenvalue weighted by Crippen LogP contribution is 2.34. The summed E-state index contributed by atoms with van der Waals surface area (Å²) in [6.45, 7) is 0. The van der Waals surface area contributed by atoms with E-state index in [0.717, 1.165) is 10.8 Å². The molecule has 6 heteroatoms. The fraction of sp³-hybridized carbons (Fsp3) is 0. The molecule has 0 radical (unpaired) electrons. The predicted octanol–water partition coefficient (Wildman–Crippen LogP) is 4.76. The Morgan fingerprint density at radius 1 is 0.571 bits per heavy atom. The third-order valence-electron chi connectivity index (χ3n) is 4.43. The molecule has 6 nitrogen and oxygen atoms in total. The van der Waals surface area contributed by atoms with Gasteiger partial charge in [-0.25, -0.2) is 9.59 Å². The molecule has 0 aliphatic rings. The number of fused-ring (bicyclic) bond motifs is 2. The normalized spacial score (nSPS) is 10.7. The Labute approximate surface area is 159 Å². The van der Waals surface area contributed by atoms with Gasteiger partial charge < -0.3 is 10.2 Å². The van der Waals surface area contributed by atoms with Crippen LogP contribution in [-0.4, -0.2) is 22.2 Å².